The van der Waals surface area contributed by atoms with Crippen LogP contribution in [0.1, 0.15) is 12.0 Å². The first kappa shape index (κ1) is 13.5. The molecule has 0 unspecified atom stereocenters. The summed E-state index contributed by atoms with van der Waals surface area (Å²) in [6, 6.07) is 4.76. The topological polar surface area (TPSA) is 29.1 Å². The van der Waals surface area contributed by atoms with Gasteiger partial charge in [-0.15, -0.1) is 11.6 Å². The Morgan fingerprint density at radius 2 is 2.25 bits per heavy atom. The van der Waals surface area contributed by atoms with Crippen molar-refractivity contribution < 1.29 is 9.18 Å². The highest BCUT2D eigenvalue weighted by Gasteiger charge is 2.04. The Kier molecular flexibility index (Phi) is 5.77. The highest BCUT2D eigenvalue weighted by Crippen LogP contribution is 2.15. The summed E-state index contributed by atoms with van der Waals surface area (Å²) in [5.74, 6) is -0.0583. The average molecular weight is 309 g/mol. The number of carbonyl (C=O) groups excluding carboxylic acids is 1. The van der Waals surface area contributed by atoms with Crippen LogP contribution in [0.5, 0.6) is 0 Å². The maximum Gasteiger partial charge on any atom is 0.221 e. The lowest BCUT2D eigenvalue weighted by atomic mass is 10.1. The molecule has 16 heavy (non-hydrogen) atoms. The SMILES string of the molecule is O=C(CCCl)NCCc1cc(Br)ccc1F. The smallest absolute Gasteiger partial charge is 0.221 e. The minimum Gasteiger partial charge on any atom is -0.356 e. The lowest BCUT2D eigenvalue weighted by Gasteiger charge is -2.05. The van der Waals surface area contributed by atoms with E-state index in [2.05, 4.69) is 21.2 Å². The summed E-state index contributed by atoms with van der Waals surface area (Å²) in [4.78, 5) is 11.1. The van der Waals surface area contributed by atoms with Gasteiger partial charge in [0, 0.05) is 23.3 Å². The van der Waals surface area contributed by atoms with E-state index in [-0.39, 0.29) is 11.7 Å². The molecule has 0 atom stereocenters. The Morgan fingerprint density at radius 3 is 2.94 bits per heavy atom. The maximum absolute atomic E-state index is 13.3. The van der Waals surface area contributed by atoms with E-state index in [9.17, 15) is 9.18 Å². The first-order valence-electron chi connectivity index (χ1n) is 4.90. The molecule has 0 saturated heterocycles. The number of nitrogens with one attached hydrogen (secondary N) is 1. The monoisotopic (exact) mass is 307 g/mol. The lowest BCUT2D eigenvalue weighted by Crippen LogP contribution is -2.25. The van der Waals surface area contributed by atoms with Crippen LogP contribution < -0.4 is 5.32 Å². The molecule has 1 rings (SSSR count). The van der Waals surface area contributed by atoms with Crippen LogP contribution in [-0.2, 0) is 11.2 Å². The molecule has 0 aromatic heterocycles. The third-order valence-electron chi connectivity index (χ3n) is 2.05. The molecule has 88 valence electrons. The number of halogens is 3. The van der Waals surface area contributed by atoms with Crippen molar-refractivity contribution in [3.8, 4) is 0 Å². The molecule has 0 radical (unpaired) electrons. The number of carbonyl (C=O) groups is 1. The Balaban J connectivity index is 2.42. The molecule has 0 saturated carbocycles. The second-order valence-corrected chi connectivity index (χ2v) is 4.57. The van der Waals surface area contributed by atoms with E-state index in [0.717, 1.165) is 4.47 Å². The van der Waals surface area contributed by atoms with E-state index >= 15 is 0 Å². The molecule has 0 spiro atoms. The standard InChI is InChI=1S/C11H12BrClFNO/c12-9-1-2-10(14)8(7-9)4-6-15-11(16)3-5-13/h1-2,7H,3-6H2,(H,15,16). The van der Waals surface area contributed by atoms with Crippen LogP contribution in [0, 0.1) is 5.82 Å². The fourth-order valence-electron chi connectivity index (χ4n) is 1.25. The van der Waals surface area contributed by atoms with Crippen molar-refractivity contribution in [2.24, 2.45) is 0 Å². The van der Waals surface area contributed by atoms with Gasteiger partial charge in [-0.2, -0.15) is 0 Å². The molecule has 0 aliphatic rings. The maximum atomic E-state index is 13.3. The van der Waals surface area contributed by atoms with E-state index in [0.29, 0.717) is 30.8 Å². The van der Waals surface area contributed by atoms with Gasteiger partial charge in [0.2, 0.25) is 5.91 Å². The van der Waals surface area contributed by atoms with Gasteiger partial charge in [-0.05, 0) is 30.2 Å². The van der Waals surface area contributed by atoms with Gasteiger partial charge in [-0.25, -0.2) is 4.39 Å². The third kappa shape index (κ3) is 4.49. The summed E-state index contributed by atoms with van der Waals surface area (Å²) in [7, 11) is 0. The van der Waals surface area contributed by atoms with Crippen molar-refractivity contribution in [3.05, 3.63) is 34.1 Å². The summed E-state index contributed by atoms with van der Waals surface area (Å²) in [6.45, 7) is 0.420. The summed E-state index contributed by atoms with van der Waals surface area (Å²) in [5.41, 5.74) is 0.584. The van der Waals surface area contributed by atoms with Gasteiger partial charge in [0.15, 0.2) is 0 Å². The van der Waals surface area contributed by atoms with Crippen LogP contribution in [-0.4, -0.2) is 18.3 Å². The summed E-state index contributed by atoms with van der Waals surface area (Å²) < 4.78 is 14.1. The van der Waals surface area contributed by atoms with Gasteiger partial charge in [0.05, 0.1) is 0 Å². The number of alkyl halides is 1. The summed E-state index contributed by atoms with van der Waals surface area (Å²) in [6.07, 6.45) is 0.766. The first-order valence-corrected chi connectivity index (χ1v) is 6.23. The van der Waals surface area contributed by atoms with Crippen molar-refractivity contribution >= 4 is 33.4 Å². The fraction of sp³-hybridized carbons (Fsp3) is 0.364. The highest BCUT2D eigenvalue weighted by atomic mass is 79.9. The molecular weight excluding hydrogens is 296 g/mol. The summed E-state index contributed by atoms with van der Waals surface area (Å²) in [5, 5.41) is 2.67. The van der Waals surface area contributed by atoms with Crippen LogP contribution in [0.2, 0.25) is 0 Å². The number of rotatable bonds is 5. The lowest BCUT2D eigenvalue weighted by molar-refractivity contribution is -0.120. The number of benzene rings is 1. The Morgan fingerprint density at radius 1 is 1.50 bits per heavy atom. The summed E-state index contributed by atoms with van der Waals surface area (Å²) >= 11 is 8.68. The van der Waals surface area contributed by atoms with E-state index < -0.39 is 0 Å². The van der Waals surface area contributed by atoms with Crippen molar-refractivity contribution in [1.29, 1.82) is 0 Å². The molecule has 2 nitrogen and oxygen atoms in total. The van der Waals surface area contributed by atoms with Crippen molar-refractivity contribution in [1.82, 2.24) is 5.32 Å². The van der Waals surface area contributed by atoms with Gasteiger partial charge in [0.1, 0.15) is 5.82 Å². The largest absolute Gasteiger partial charge is 0.356 e. The number of hydrogen-bond donors (Lipinski definition) is 1. The minimum atomic E-state index is -0.255. The first-order chi connectivity index (χ1) is 7.63. The second-order valence-electron chi connectivity index (χ2n) is 3.27. The predicted molar refractivity (Wildman–Crippen MR) is 66.2 cm³/mol. The quantitative estimate of drug-likeness (QED) is 0.833. The predicted octanol–water partition coefficient (Wildman–Crippen LogP) is 2.88. The van der Waals surface area contributed by atoms with E-state index in [1.165, 1.54) is 6.07 Å². The molecule has 5 heteroatoms. The van der Waals surface area contributed by atoms with E-state index in [1.807, 2.05) is 0 Å². The van der Waals surface area contributed by atoms with Crippen molar-refractivity contribution in [2.45, 2.75) is 12.8 Å². The van der Waals surface area contributed by atoms with Crippen LogP contribution in [0.15, 0.2) is 22.7 Å². The zero-order valence-corrected chi connectivity index (χ0v) is 10.9. The molecule has 1 aromatic carbocycles. The molecule has 1 aromatic rings. The molecule has 0 bridgehead atoms. The molecule has 1 N–H and O–H groups in total. The fourth-order valence-corrected chi connectivity index (χ4v) is 1.83. The van der Waals surface area contributed by atoms with Crippen LogP contribution in [0.25, 0.3) is 0 Å². The van der Waals surface area contributed by atoms with Crippen LogP contribution >= 0.6 is 27.5 Å². The van der Waals surface area contributed by atoms with Crippen molar-refractivity contribution in [2.75, 3.05) is 12.4 Å². The van der Waals surface area contributed by atoms with Crippen molar-refractivity contribution in [3.63, 3.8) is 0 Å². The van der Waals surface area contributed by atoms with Gasteiger partial charge in [-0.1, -0.05) is 15.9 Å². The van der Waals surface area contributed by atoms with Gasteiger partial charge in [-0.3, -0.25) is 4.79 Å². The molecule has 0 fully saturated rings. The Labute approximate surface area is 107 Å². The van der Waals surface area contributed by atoms with Gasteiger partial charge < -0.3 is 5.32 Å². The normalized spacial score (nSPS) is 10.2. The average Bonchev–Trinajstić information content (AvgIpc) is 2.23. The van der Waals surface area contributed by atoms with Gasteiger partial charge in [0.25, 0.3) is 0 Å². The van der Waals surface area contributed by atoms with Gasteiger partial charge >= 0.3 is 0 Å². The number of amides is 1. The minimum absolute atomic E-state index is 0.106. The van der Waals surface area contributed by atoms with E-state index in [4.69, 9.17) is 11.6 Å². The van der Waals surface area contributed by atoms with E-state index in [1.54, 1.807) is 12.1 Å². The Bertz CT molecular complexity index is 373. The molecule has 0 heterocycles. The number of hydrogen-bond acceptors (Lipinski definition) is 1. The third-order valence-corrected chi connectivity index (χ3v) is 2.73. The zero-order valence-electron chi connectivity index (χ0n) is 8.60. The van der Waals surface area contributed by atoms with Crippen LogP contribution in [0.4, 0.5) is 4.39 Å². The molecule has 0 aliphatic carbocycles. The Hall–Kier alpha value is -0.610. The second kappa shape index (κ2) is 6.86. The molecule has 1 amide bonds. The molecule has 0 aliphatic heterocycles. The zero-order chi connectivity index (χ0) is 12.0. The molecular formula is C11H12BrClFNO. The highest BCUT2D eigenvalue weighted by molar-refractivity contribution is 9.10. The van der Waals surface area contributed by atoms with Crippen LogP contribution in [0.3, 0.4) is 0 Å².